The van der Waals surface area contributed by atoms with Gasteiger partial charge in [0.15, 0.2) is 6.10 Å². The van der Waals surface area contributed by atoms with Crippen LogP contribution in [0.25, 0.3) is 0 Å². The molecule has 0 bridgehead atoms. The van der Waals surface area contributed by atoms with E-state index in [1.807, 2.05) is 6.08 Å². The van der Waals surface area contributed by atoms with Gasteiger partial charge in [0.1, 0.15) is 13.2 Å². The molecule has 0 aliphatic rings. The molecule has 6 nitrogen and oxygen atoms in total. The highest BCUT2D eigenvalue weighted by molar-refractivity contribution is 5.72. The highest BCUT2D eigenvalue weighted by Gasteiger charge is 2.19. The number of rotatable bonds is 59. The molecule has 0 radical (unpaired) electrons. The summed E-state index contributed by atoms with van der Waals surface area (Å²) in [6, 6.07) is 0. The standard InChI is InChI=1S/C72H122O6/c1-4-7-10-13-16-19-22-25-28-30-32-34-35-36-37-38-40-41-44-47-50-53-56-59-62-65-71(74)77-68-69(67-76-70(73)64-61-58-55-52-49-46-43-27-24-21-18-15-12-9-6-3)78-72(75)66-63-60-57-54-51-48-45-42-39-33-31-29-26-23-20-17-14-11-8-5-2/h7,9-10,12,16,18-19,21,25,27-28,32,34,43,49,52,58,61,69H,4-6,8,11,13-15,17,20,22-24,26,29-31,33,35-42,44-48,50-51,53-57,59-60,62-68H2,1-3H3/b10-7-,12-9-,19-16-,21-18-,28-25-,34-32-,43-27-,52-49-,61-58-. The van der Waals surface area contributed by atoms with Gasteiger partial charge in [-0.3, -0.25) is 14.4 Å². The maximum absolute atomic E-state index is 12.9. The molecule has 0 fully saturated rings. The van der Waals surface area contributed by atoms with Gasteiger partial charge in [0, 0.05) is 12.8 Å². The molecule has 6 heteroatoms. The highest BCUT2D eigenvalue weighted by atomic mass is 16.6. The third-order valence-corrected chi connectivity index (χ3v) is 14.1. The second kappa shape index (κ2) is 65.6. The molecule has 0 aromatic heterocycles. The number of hydrogen-bond donors (Lipinski definition) is 0. The van der Waals surface area contributed by atoms with Gasteiger partial charge in [-0.15, -0.1) is 0 Å². The fraction of sp³-hybridized carbons (Fsp3) is 0.708. The molecule has 0 rings (SSSR count). The van der Waals surface area contributed by atoms with Crippen molar-refractivity contribution < 1.29 is 28.6 Å². The molecule has 78 heavy (non-hydrogen) atoms. The number of carbonyl (C=O) groups is 3. The van der Waals surface area contributed by atoms with Gasteiger partial charge in [0.25, 0.3) is 0 Å². The molecule has 446 valence electrons. The monoisotopic (exact) mass is 1080 g/mol. The van der Waals surface area contributed by atoms with E-state index in [4.69, 9.17) is 14.2 Å². The second-order valence-corrected chi connectivity index (χ2v) is 21.6. The molecule has 0 spiro atoms. The number of esters is 3. The van der Waals surface area contributed by atoms with E-state index >= 15 is 0 Å². The lowest BCUT2D eigenvalue weighted by Gasteiger charge is -2.18. The van der Waals surface area contributed by atoms with E-state index in [0.29, 0.717) is 12.8 Å². The Kier molecular flexibility index (Phi) is 62.3. The zero-order valence-corrected chi connectivity index (χ0v) is 51.2. The SMILES string of the molecule is CC/C=C\C/C=C\C/C=C\C/C=C\C/C=C\CC(=O)OCC(COC(=O)CCCCCCCCCCCCCC/C=C\C/C=C\C/C=C\C/C=C\CC)OC(=O)CCCCCCCCCCCCCCCCCCCCCC. The van der Waals surface area contributed by atoms with Gasteiger partial charge >= 0.3 is 17.9 Å². The van der Waals surface area contributed by atoms with Crippen molar-refractivity contribution in [2.24, 2.45) is 0 Å². The average molecular weight is 1080 g/mol. The van der Waals surface area contributed by atoms with Crippen LogP contribution in [0.3, 0.4) is 0 Å². The van der Waals surface area contributed by atoms with Crippen LogP contribution in [0.15, 0.2) is 109 Å². The zero-order valence-electron chi connectivity index (χ0n) is 51.2. The summed E-state index contributed by atoms with van der Waals surface area (Å²) in [7, 11) is 0. The number of hydrogen-bond acceptors (Lipinski definition) is 6. The molecule has 0 aromatic rings. The first-order chi connectivity index (χ1) is 38.5. The van der Waals surface area contributed by atoms with Crippen LogP contribution in [0.4, 0.5) is 0 Å². The van der Waals surface area contributed by atoms with Crippen molar-refractivity contribution in [2.45, 2.75) is 316 Å². The minimum absolute atomic E-state index is 0.107. The summed E-state index contributed by atoms with van der Waals surface area (Å²) in [6.45, 7) is 6.36. The maximum Gasteiger partial charge on any atom is 0.309 e. The van der Waals surface area contributed by atoms with E-state index in [9.17, 15) is 14.4 Å². The summed E-state index contributed by atoms with van der Waals surface area (Å²) < 4.78 is 16.8. The van der Waals surface area contributed by atoms with Gasteiger partial charge in [-0.1, -0.05) is 316 Å². The van der Waals surface area contributed by atoms with Gasteiger partial charge in [0.2, 0.25) is 0 Å². The van der Waals surface area contributed by atoms with Gasteiger partial charge < -0.3 is 14.2 Å². The van der Waals surface area contributed by atoms with E-state index in [1.54, 1.807) is 6.08 Å². The average Bonchev–Trinajstić information content (AvgIpc) is 3.44. The molecule has 1 unspecified atom stereocenters. The Morgan fingerprint density at radius 2 is 0.551 bits per heavy atom. The molecule has 0 aromatic carbocycles. The molecule has 0 heterocycles. The largest absolute Gasteiger partial charge is 0.462 e. The fourth-order valence-corrected chi connectivity index (χ4v) is 9.22. The summed E-state index contributed by atoms with van der Waals surface area (Å²) in [4.78, 5) is 38.3. The first-order valence-electron chi connectivity index (χ1n) is 32.9. The smallest absolute Gasteiger partial charge is 0.309 e. The first-order valence-corrected chi connectivity index (χ1v) is 32.9. The predicted octanol–water partition coefficient (Wildman–Crippen LogP) is 22.6. The molecule has 0 saturated carbocycles. The Labute approximate surface area is 482 Å². The third kappa shape index (κ3) is 62.9. The van der Waals surface area contributed by atoms with Crippen LogP contribution in [0.1, 0.15) is 310 Å². The highest BCUT2D eigenvalue weighted by Crippen LogP contribution is 2.17. The fourth-order valence-electron chi connectivity index (χ4n) is 9.22. The molecular formula is C72H122O6. The van der Waals surface area contributed by atoms with Crippen LogP contribution in [0.2, 0.25) is 0 Å². The van der Waals surface area contributed by atoms with Crippen molar-refractivity contribution in [1.29, 1.82) is 0 Å². The molecule has 1 atom stereocenters. The van der Waals surface area contributed by atoms with Crippen LogP contribution in [-0.2, 0) is 28.6 Å². The Bertz CT molecular complexity index is 1570. The summed E-state index contributed by atoms with van der Waals surface area (Å²) in [5.41, 5.74) is 0. The van der Waals surface area contributed by atoms with Crippen LogP contribution in [0.5, 0.6) is 0 Å². The number of carbonyl (C=O) groups excluding carboxylic acids is 3. The Morgan fingerprint density at radius 1 is 0.282 bits per heavy atom. The molecule has 0 N–H and O–H groups in total. The summed E-state index contributed by atoms with van der Waals surface area (Å²) >= 11 is 0. The van der Waals surface area contributed by atoms with Gasteiger partial charge in [0.05, 0.1) is 6.42 Å². The lowest BCUT2D eigenvalue weighted by molar-refractivity contribution is -0.166. The van der Waals surface area contributed by atoms with Crippen molar-refractivity contribution >= 4 is 17.9 Å². The summed E-state index contributed by atoms with van der Waals surface area (Å²) in [5.74, 6) is -1.03. The zero-order chi connectivity index (χ0) is 56.4. The lowest BCUT2D eigenvalue weighted by atomic mass is 10.0. The van der Waals surface area contributed by atoms with E-state index in [-0.39, 0.29) is 31.6 Å². The van der Waals surface area contributed by atoms with E-state index in [1.165, 1.54) is 173 Å². The first kappa shape index (κ1) is 74.1. The minimum Gasteiger partial charge on any atom is -0.462 e. The van der Waals surface area contributed by atoms with Crippen molar-refractivity contribution in [1.82, 2.24) is 0 Å². The van der Waals surface area contributed by atoms with Crippen molar-refractivity contribution in [2.75, 3.05) is 13.2 Å². The maximum atomic E-state index is 12.9. The molecule has 0 aliphatic carbocycles. The Balaban J connectivity index is 4.38. The Morgan fingerprint density at radius 3 is 0.897 bits per heavy atom. The van der Waals surface area contributed by atoms with Crippen molar-refractivity contribution in [3.05, 3.63) is 109 Å². The van der Waals surface area contributed by atoms with Gasteiger partial charge in [-0.2, -0.15) is 0 Å². The quantitative estimate of drug-likeness (QED) is 0.0261. The predicted molar refractivity (Wildman–Crippen MR) is 339 cm³/mol. The van der Waals surface area contributed by atoms with Gasteiger partial charge in [-0.25, -0.2) is 0 Å². The van der Waals surface area contributed by atoms with E-state index in [0.717, 1.165) is 96.3 Å². The Hall–Kier alpha value is -3.93. The number of ether oxygens (including phenoxy) is 3. The molecule has 0 saturated heterocycles. The molecule has 0 amide bonds. The summed E-state index contributed by atoms with van der Waals surface area (Å²) in [6.07, 6.45) is 89.9. The van der Waals surface area contributed by atoms with Crippen LogP contribution < -0.4 is 0 Å². The van der Waals surface area contributed by atoms with Gasteiger partial charge in [-0.05, 0) is 83.5 Å². The minimum atomic E-state index is -0.819. The molecule has 0 aliphatic heterocycles. The normalized spacial score (nSPS) is 12.8. The summed E-state index contributed by atoms with van der Waals surface area (Å²) in [5, 5.41) is 0. The number of unbranched alkanes of at least 4 members (excludes halogenated alkanes) is 31. The van der Waals surface area contributed by atoms with Crippen molar-refractivity contribution in [3.8, 4) is 0 Å². The van der Waals surface area contributed by atoms with Crippen LogP contribution in [-0.4, -0.2) is 37.2 Å². The van der Waals surface area contributed by atoms with Crippen molar-refractivity contribution in [3.63, 3.8) is 0 Å². The van der Waals surface area contributed by atoms with E-state index in [2.05, 4.69) is 118 Å². The van der Waals surface area contributed by atoms with Crippen LogP contribution >= 0.6 is 0 Å². The molecular weight excluding hydrogens is 961 g/mol. The third-order valence-electron chi connectivity index (χ3n) is 14.1. The lowest BCUT2D eigenvalue weighted by Crippen LogP contribution is -2.30. The van der Waals surface area contributed by atoms with E-state index < -0.39 is 12.1 Å². The topological polar surface area (TPSA) is 78.9 Å². The van der Waals surface area contributed by atoms with Crippen LogP contribution in [0, 0.1) is 0 Å². The number of allylic oxidation sites excluding steroid dienone is 17. The second-order valence-electron chi connectivity index (χ2n) is 21.6.